The van der Waals surface area contributed by atoms with Crippen molar-refractivity contribution in [2.24, 2.45) is 0 Å². The molecule has 1 unspecified atom stereocenters. The fourth-order valence-corrected chi connectivity index (χ4v) is 4.39. The second-order valence-corrected chi connectivity index (χ2v) is 8.56. The van der Waals surface area contributed by atoms with E-state index in [9.17, 15) is 12.8 Å². The maximum absolute atomic E-state index is 14.3. The van der Waals surface area contributed by atoms with E-state index >= 15 is 0 Å². The molecule has 1 heterocycles. The summed E-state index contributed by atoms with van der Waals surface area (Å²) >= 11 is 0. The normalized spacial score (nSPS) is 17.8. The fourth-order valence-electron chi connectivity index (χ4n) is 3.46. The summed E-state index contributed by atoms with van der Waals surface area (Å²) in [6.45, 7) is 6.52. The van der Waals surface area contributed by atoms with Crippen molar-refractivity contribution in [1.29, 1.82) is 0 Å². The predicted octanol–water partition coefficient (Wildman–Crippen LogP) is 2.22. The van der Waals surface area contributed by atoms with E-state index in [-0.39, 0.29) is 11.9 Å². The molecule has 1 aromatic rings. The van der Waals surface area contributed by atoms with Crippen LogP contribution in [0.5, 0.6) is 0 Å². The Morgan fingerprint density at radius 2 is 1.92 bits per heavy atom. The molecule has 0 radical (unpaired) electrons. The van der Waals surface area contributed by atoms with Gasteiger partial charge in [0, 0.05) is 50.9 Å². The lowest BCUT2D eigenvalue weighted by Crippen LogP contribution is -2.45. The van der Waals surface area contributed by atoms with Gasteiger partial charge in [-0.2, -0.15) is 0 Å². The van der Waals surface area contributed by atoms with Crippen molar-refractivity contribution in [3.05, 3.63) is 35.6 Å². The molecule has 1 N–H and O–H groups in total. The third-order valence-corrected chi connectivity index (χ3v) is 6.19. The summed E-state index contributed by atoms with van der Waals surface area (Å²) in [4.78, 5) is 2.34. The zero-order chi connectivity index (χ0) is 18.3. The number of benzene rings is 1. The molecule has 142 valence electrons. The zero-order valence-corrected chi connectivity index (χ0v) is 16.1. The molecule has 1 atom stereocenters. The van der Waals surface area contributed by atoms with Crippen molar-refractivity contribution in [3.63, 3.8) is 0 Å². The standard InChI is InChI=1S/C18H30FN3O2S/c1-3-22(25(2,23)24)13-7-6-10-18(21-14-11-20-12-15-21)16-8-4-5-9-17(16)19/h4-5,8-9,18,20H,3,6-7,10-15H2,1-2H3. The van der Waals surface area contributed by atoms with Crippen LogP contribution >= 0.6 is 0 Å². The van der Waals surface area contributed by atoms with Crippen LogP contribution in [0.3, 0.4) is 0 Å². The van der Waals surface area contributed by atoms with Gasteiger partial charge < -0.3 is 5.32 Å². The van der Waals surface area contributed by atoms with Crippen molar-refractivity contribution in [1.82, 2.24) is 14.5 Å². The molecule has 1 aliphatic heterocycles. The van der Waals surface area contributed by atoms with Crippen LogP contribution in [0.4, 0.5) is 4.39 Å². The first-order valence-corrected chi connectivity index (χ1v) is 10.9. The van der Waals surface area contributed by atoms with E-state index in [1.54, 1.807) is 6.07 Å². The summed E-state index contributed by atoms with van der Waals surface area (Å²) in [6, 6.07) is 7.05. The van der Waals surface area contributed by atoms with E-state index in [0.29, 0.717) is 13.1 Å². The average molecular weight is 372 g/mol. The largest absolute Gasteiger partial charge is 0.314 e. The van der Waals surface area contributed by atoms with Gasteiger partial charge in [-0.3, -0.25) is 4.90 Å². The van der Waals surface area contributed by atoms with Crippen LogP contribution in [0.1, 0.15) is 37.8 Å². The van der Waals surface area contributed by atoms with Gasteiger partial charge in [-0.1, -0.05) is 31.5 Å². The SMILES string of the molecule is CCN(CCCCC(c1ccccc1F)N1CCNCC1)S(C)(=O)=O. The Balaban J connectivity index is 1.98. The zero-order valence-electron chi connectivity index (χ0n) is 15.2. The highest BCUT2D eigenvalue weighted by Crippen LogP contribution is 2.28. The Kier molecular flexibility index (Phi) is 7.81. The minimum absolute atomic E-state index is 0.0524. The molecule has 1 aliphatic rings. The molecule has 0 saturated carbocycles. The van der Waals surface area contributed by atoms with Gasteiger partial charge in [-0.05, 0) is 18.9 Å². The molecule has 1 fully saturated rings. The maximum Gasteiger partial charge on any atom is 0.211 e. The smallest absolute Gasteiger partial charge is 0.211 e. The number of halogens is 1. The molecule has 1 saturated heterocycles. The summed E-state index contributed by atoms with van der Waals surface area (Å²) in [7, 11) is -3.14. The van der Waals surface area contributed by atoms with E-state index in [1.807, 2.05) is 19.1 Å². The maximum atomic E-state index is 14.3. The molecule has 7 heteroatoms. The first-order valence-electron chi connectivity index (χ1n) is 9.07. The van der Waals surface area contributed by atoms with E-state index in [1.165, 1.54) is 16.6 Å². The lowest BCUT2D eigenvalue weighted by Gasteiger charge is -2.35. The third-order valence-electron chi connectivity index (χ3n) is 4.81. The first kappa shape index (κ1) is 20.3. The summed E-state index contributed by atoms with van der Waals surface area (Å²) in [6.07, 6.45) is 3.74. The molecule has 1 aromatic carbocycles. The average Bonchev–Trinajstić information content (AvgIpc) is 2.59. The van der Waals surface area contributed by atoms with E-state index < -0.39 is 10.0 Å². The molecule has 25 heavy (non-hydrogen) atoms. The number of nitrogens with zero attached hydrogens (tertiary/aromatic N) is 2. The molecule has 0 bridgehead atoms. The molecule has 0 amide bonds. The van der Waals surface area contributed by atoms with Crippen molar-refractivity contribution in [2.45, 2.75) is 32.2 Å². The Hall–Kier alpha value is -1.02. The van der Waals surface area contributed by atoms with Crippen LogP contribution in [0.2, 0.25) is 0 Å². The van der Waals surface area contributed by atoms with Crippen LogP contribution in [0, 0.1) is 5.82 Å². The topological polar surface area (TPSA) is 52.6 Å². The van der Waals surface area contributed by atoms with E-state index in [4.69, 9.17) is 0 Å². The van der Waals surface area contributed by atoms with Crippen LogP contribution in [0.15, 0.2) is 24.3 Å². The Morgan fingerprint density at radius 1 is 1.24 bits per heavy atom. The Bertz CT molecular complexity index is 633. The van der Waals surface area contributed by atoms with Crippen molar-refractivity contribution < 1.29 is 12.8 Å². The Labute approximate surface area is 151 Å². The van der Waals surface area contributed by atoms with Gasteiger partial charge in [0.1, 0.15) is 5.82 Å². The number of piperazine rings is 1. The van der Waals surface area contributed by atoms with Crippen LogP contribution in [-0.2, 0) is 10.0 Å². The molecule has 2 rings (SSSR count). The quantitative estimate of drug-likeness (QED) is 0.677. The lowest BCUT2D eigenvalue weighted by atomic mass is 9.98. The highest BCUT2D eigenvalue weighted by Gasteiger charge is 2.24. The van der Waals surface area contributed by atoms with Crippen LogP contribution in [-0.4, -0.2) is 63.1 Å². The second kappa shape index (κ2) is 9.62. The van der Waals surface area contributed by atoms with Crippen LogP contribution in [0.25, 0.3) is 0 Å². The van der Waals surface area contributed by atoms with Gasteiger partial charge in [0.2, 0.25) is 10.0 Å². The number of unbranched alkanes of at least 4 members (excludes halogenated alkanes) is 1. The van der Waals surface area contributed by atoms with Gasteiger partial charge >= 0.3 is 0 Å². The number of nitrogens with one attached hydrogen (secondary N) is 1. The summed E-state index contributed by atoms with van der Waals surface area (Å²) in [5, 5.41) is 3.33. The van der Waals surface area contributed by atoms with E-state index in [0.717, 1.165) is 51.0 Å². The monoisotopic (exact) mass is 371 g/mol. The third kappa shape index (κ3) is 6.02. The number of rotatable bonds is 9. The summed E-state index contributed by atoms with van der Waals surface area (Å²) in [5.74, 6) is -0.155. The predicted molar refractivity (Wildman–Crippen MR) is 99.5 cm³/mol. The van der Waals surface area contributed by atoms with Crippen molar-refractivity contribution >= 4 is 10.0 Å². The molecular weight excluding hydrogens is 341 g/mol. The van der Waals surface area contributed by atoms with Crippen molar-refractivity contribution in [3.8, 4) is 0 Å². The highest BCUT2D eigenvalue weighted by atomic mass is 32.2. The molecule has 0 spiro atoms. The van der Waals surface area contributed by atoms with Gasteiger partial charge in [0.05, 0.1) is 6.26 Å². The van der Waals surface area contributed by atoms with Crippen molar-refractivity contribution in [2.75, 3.05) is 45.5 Å². The molecule has 5 nitrogen and oxygen atoms in total. The first-order chi connectivity index (χ1) is 11.9. The fraction of sp³-hybridized carbons (Fsp3) is 0.667. The molecular formula is C18H30FN3O2S. The number of sulfonamides is 1. The Morgan fingerprint density at radius 3 is 2.52 bits per heavy atom. The van der Waals surface area contributed by atoms with Gasteiger partial charge in [-0.15, -0.1) is 0 Å². The van der Waals surface area contributed by atoms with E-state index in [2.05, 4.69) is 10.2 Å². The minimum Gasteiger partial charge on any atom is -0.314 e. The molecule has 0 aromatic heterocycles. The van der Waals surface area contributed by atoms with Gasteiger partial charge in [0.25, 0.3) is 0 Å². The number of hydrogen-bond acceptors (Lipinski definition) is 4. The second-order valence-electron chi connectivity index (χ2n) is 6.57. The van der Waals surface area contributed by atoms with Gasteiger partial charge in [-0.25, -0.2) is 17.1 Å². The summed E-state index contributed by atoms with van der Waals surface area (Å²) in [5.41, 5.74) is 0.750. The number of hydrogen-bond donors (Lipinski definition) is 1. The minimum atomic E-state index is -3.14. The molecule has 0 aliphatic carbocycles. The lowest BCUT2D eigenvalue weighted by molar-refractivity contribution is 0.159. The summed E-state index contributed by atoms with van der Waals surface area (Å²) < 4.78 is 39.1. The highest BCUT2D eigenvalue weighted by molar-refractivity contribution is 7.88. The van der Waals surface area contributed by atoms with Gasteiger partial charge in [0.15, 0.2) is 0 Å². The van der Waals surface area contributed by atoms with Crippen LogP contribution < -0.4 is 5.32 Å².